The molecule has 0 aliphatic carbocycles. The van der Waals surface area contributed by atoms with Crippen LogP contribution in [0.2, 0.25) is 0 Å². The van der Waals surface area contributed by atoms with Crippen LogP contribution in [0.1, 0.15) is 10.4 Å². The van der Waals surface area contributed by atoms with Crippen LogP contribution >= 0.6 is 27.3 Å². The molecule has 0 unspecified atom stereocenters. The third-order valence-corrected chi connectivity index (χ3v) is 4.88. The molecule has 3 aromatic rings. The number of nitrogens with zero attached hydrogens (tertiary/aromatic N) is 1. The largest absolute Gasteiger partial charge is 0.471 e. The average Bonchev–Trinajstić information content (AvgIpc) is 3.10. The van der Waals surface area contributed by atoms with Crippen molar-refractivity contribution in [3.63, 3.8) is 0 Å². The predicted molar refractivity (Wildman–Crippen MR) is 104 cm³/mol. The Hall–Kier alpha value is -2.79. The van der Waals surface area contributed by atoms with Crippen LogP contribution in [0.15, 0.2) is 52.3 Å². The maximum Gasteiger partial charge on any atom is 0.471 e. The first-order valence-corrected chi connectivity index (χ1v) is 9.51. The summed E-state index contributed by atoms with van der Waals surface area (Å²) in [4.78, 5) is 27.9. The number of rotatable bonds is 4. The highest BCUT2D eigenvalue weighted by Gasteiger charge is 2.39. The van der Waals surface area contributed by atoms with Gasteiger partial charge in [-0.15, -0.1) is 11.3 Å². The minimum absolute atomic E-state index is 0.186. The van der Waals surface area contributed by atoms with Crippen LogP contribution in [0, 0.1) is 5.82 Å². The van der Waals surface area contributed by atoms with Gasteiger partial charge in [0.1, 0.15) is 5.82 Å². The summed E-state index contributed by atoms with van der Waals surface area (Å²) in [5.74, 6) is -4.08. The second kappa shape index (κ2) is 8.29. The smallest absolute Gasteiger partial charge is 0.317 e. The van der Waals surface area contributed by atoms with E-state index in [0.29, 0.717) is 11.8 Å². The molecule has 2 N–H and O–H groups in total. The molecule has 1 heterocycles. The number of nitrogens with one attached hydrogen (secondary N) is 2. The van der Waals surface area contributed by atoms with Gasteiger partial charge in [0.25, 0.3) is 5.91 Å². The van der Waals surface area contributed by atoms with Crippen LogP contribution < -0.4 is 10.6 Å². The second-order valence-electron chi connectivity index (χ2n) is 5.64. The van der Waals surface area contributed by atoms with Crippen LogP contribution in [0.3, 0.4) is 0 Å². The average molecular weight is 488 g/mol. The van der Waals surface area contributed by atoms with Crippen molar-refractivity contribution in [3.8, 4) is 11.3 Å². The van der Waals surface area contributed by atoms with E-state index in [1.165, 1.54) is 5.32 Å². The minimum Gasteiger partial charge on any atom is -0.317 e. The van der Waals surface area contributed by atoms with E-state index in [9.17, 15) is 27.2 Å². The lowest BCUT2D eigenvalue weighted by molar-refractivity contribution is -0.167. The molecule has 0 radical (unpaired) electrons. The van der Waals surface area contributed by atoms with Gasteiger partial charge in [-0.1, -0.05) is 28.1 Å². The SMILES string of the molecule is O=C(Nc1nc(-c2ccc(Br)cc2)cs1)c1ccc(F)cc1NC(=O)C(F)(F)F. The molecular weight excluding hydrogens is 478 g/mol. The number of anilines is 2. The standard InChI is InChI=1S/C18H10BrF4N3O2S/c19-10-3-1-9(2-4-10)14-8-29-17(25-14)26-15(27)12-6-5-11(20)7-13(12)24-16(28)18(21,22)23/h1-8H,(H,24,28)(H,25,26,27). The second-order valence-corrected chi connectivity index (χ2v) is 7.41. The molecule has 0 bridgehead atoms. The maximum absolute atomic E-state index is 13.4. The molecule has 11 heteroatoms. The van der Waals surface area contributed by atoms with Crippen LogP contribution in [0.5, 0.6) is 0 Å². The zero-order valence-electron chi connectivity index (χ0n) is 14.2. The molecule has 0 aliphatic rings. The van der Waals surface area contributed by atoms with Crippen LogP contribution in [-0.2, 0) is 4.79 Å². The molecule has 0 fully saturated rings. The zero-order valence-corrected chi connectivity index (χ0v) is 16.6. The van der Waals surface area contributed by atoms with Gasteiger partial charge in [-0.25, -0.2) is 9.37 Å². The van der Waals surface area contributed by atoms with E-state index < -0.39 is 29.5 Å². The fourth-order valence-corrected chi connectivity index (χ4v) is 3.24. The van der Waals surface area contributed by atoms with Gasteiger partial charge in [-0.3, -0.25) is 14.9 Å². The number of alkyl halides is 3. The van der Waals surface area contributed by atoms with Crippen molar-refractivity contribution < 1.29 is 27.2 Å². The molecule has 0 saturated heterocycles. The van der Waals surface area contributed by atoms with E-state index in [-0.39, 0.29) is 10.7 Å². The highest BCUT2D eigenvalue weighted by Crippen LogP contribution is 2.28. The predicted octanol–water partition coefficient (Wildman–Crippen LogP) is 5.46. The van der Waals surface area contributed by atoms with Gasteiger partial charge in [0.2, 0.25) is 0 Å². The Bertz CT molecular complexity index is 1070. The van der Waals surface area contributed by atoms with Crippen molar-refractivity contribution in [2.45, 2.75) is 6.18 Å². The number of thiazole rings is 1. The highest BCUT2D eigenvalue weighted by molar-refractivity contribution is 9.10. The van der Waals surface area contributed by atoms with E-state index in [0.717, 1.165) is 33.5 Å². The van der Waals surface area contributed by atoms with E-state index in [4.69, 9.17) is 0 Å². The molecular formula is C18H10BrF4N3O2S. The molecule has 5 nitrogen and oxygen atoms in total. The highest BCUT2D eigenvalue weighted by atomic mass is 79.9. The number of halogens is 5. The van der Waals surface area contributed by atoms with Crippen molar-refractivity contribution in [1.29, 1.82) is 0 Å². The Labute approximate surface area is 173 Å². The normalized spacial score (nSPS) is 11.2. The van der Waals surface area contributed by atoms with Gasteiger partial charge in [-0.2, -0.15) is 13.2 Å². The summed E-state index contributed by atoms with van der Waals surface area (Å²) >= 11 is 4.42. The van der Waals surface area contributed by atoms with Crippen LogP contribution in [0.4, 0.5) is 28.4 Å². The van der Waals surface area contributed by atoms with Gasteiger partial charge >= 0.3 is 12.1 Å². The summed E-state index contributed by atoms with van der Waals surface area (Å²) in [7, 11) is 0. The summed E-state index contributed by atoms with van der Waals surface area (Å²) in [6.45, 7) is 0. The number of amides is 2. The van der Waals surface area contributed by atoms with E-state index in [1.807, 2.05) is 24.3 Å². The summed E-state index contributed by atoms with van der Waals surface area (Å²) < 4.78 is 51.8. The Morgan fingerprint density at radius 1 is 1.03 bits per heavy atom. The molecule has 1 aromatic heterocycles. The van der Waals surface area contributed by atoms with Crippen molar-refractivity contribution in [1.82, 2.24) is 4.98 Å². The lowest BCUT2D eigenvalue weighted by Crippen LogP contribution is -2.31. The first-order chi connectivity index (χ1) is 13.6. The van der Waals surface area contributed by atoms with E-state index >= 15 is 0 Å². The lowest BCUT2D eigenvalue weighted by Gasteiger charge is -2.12. The fourth-order valence-electron chi connectivity index (χ4n) is 2.26. The third kappa shape index (κ3) is 5.18. The van der Waals surface area contributed by atoms with Gasteiger partial charge in [0.15, 0.2) is 5.13 Å². The van der Waals surface area contributed by atoms with Gasteiger partial charge in [0, 0.05) is 15.4 Å². The molecule has 150 valence electrons. The number of hydrogen-bond donors (Lipinski definition) is 2. The quantitative estimate of drug-likeness (QED) is 0.479. The Kier molecular flexibility index (Phi) is 5.99. The van der Waals surface area contributed by atoms with Gasteiger partial charge in [0.05, 0.1) is 16.9 Å². The number of hydrogen-bond acceptors (Lipinski definition) is 4. The van der Waals surface area contributed by atoms with Crippen LogP contribution in [-0.4, -0.2) is 23.0 Å². The summed E-state index contributed by atoms with van der Waals surface area (Å²) in [6, 6.07) is 9.77. The van der Waals surface area contributed by atoms with Gasteiger partial charge < -0.3 is 5.32 Å². The lowest BCUT2D eigenvalue weighted by atomic mass is 10.1. The van der Waals surface area contributed by atoms with Crippen molar-refractivity contribution in [3.05, 3.63) is 63.7 Å². The van der Waals surface area contributed by atoms with Crippen molar-refractivity contribution in [2.24, 2.45) is 0 Å². The molecule has 0 spiro atoms. The van der Waals surface area contributed by atoms with E-state index in [2.05, 4.69) is 26.2 Å². The summed E-state index contributed by atoms with van der Waals surface area (Å²) in [6.07, 6.45) is -5.19. The van der Waals surface area contributed by atoms with Crippen molar-refractivity contribution in [2.75, 3.05) is 10.6 Å². The third-order valence-electron chi connectivity index (χ3n) is 3.60. The van der Waals surface area contributed by atoms with Crippen LogP contribution in [0.25, 0.3) is 11.3 Å². The first kappa shape index (κ1) is 20.9. The molecule has 0 atom stereocenters. The Balaban J connectivity index is 1.81. The number of aromatic nitrogens is 1. The van der Waals surface area contributed by atoms with Crippen molar-refractivity contribution >= 4 is 49.9 Å². The number of benzene rings is 2. The fraction of sp³-hybridized carbons (Fsp3) is 0.0556. The maximum atomic E-state index is 13.4. The molecule has 3 rings (SSSR count). The summed E-state index contributed by atoms with van der Waals surface area (Å²) in [5.41, 5.74) is 0.436. The topological polar surface area (TPSA) is 71.1 Å². The molecule has 0 saturated carbocycles. The number of carbonyl (C=O) groups is 2. The monoisotopic (exact) mass is 487 g/mol. The Morgan fingerprint density at radius 2 is 1.72 bits per heavy atom. The molecule has 0 aliphatic heterocycles. The number of carbonyl (C=O) groups excluding carboxylic acids is 2. The zero-order chi connectivity index (χ0) is 21.2. The van der Waals surface area contributed by atoms with E-state index in [1.54, 1.807) is 5.38 Å². The van der Waals surface area contributed by atoms with Gasteiger partial charge in [-0.05, 0) is 30.3 Å². The minimum atomic E-state index is -5.19. The molecule has 29 heavy (non-hydrogen) atoms. The molecule has 2 amide bonds. The molecule has 2 aromatic carbocycles. The first-order valence-electron chi connectivity index (χ1n) is 7.84. The summed E-state index contributed by atoms with van der Waals surface area (Å²) in [5, 5.41) is 5.82. The Morgan fingerprint density at radius 3 is 2.38 bits per heavy atom.